The highest BCUT2D eigenvalue weighted by Gasteiger charge is 2.48. The van der Waals surface area contributed by atoms with Crippen LogP contribution in [-0.2, 0) is 0 Å². The molecule has 0 bridgehead atoms. The van der Waals surface area contributed by atoms with Crippen LogP contribution in [0.2, 0.25) is 0 Å². The molecule has 1 N–H and O–H groups in total. The van der Waals surface area contributed by atoms with Crippen LogP contribution in [0.1, 0.15) is 73.6 Å². The zero-order valence-electron chi connectivity index (χ0n) is 12.1. The molecule has 0 aromatic rings. The second-order valence-electron chi connectivity index (χ2n) is 7.65. The first kappa shape index (κ1) is 14.0. The molecule has 0 aromatic heterocycles. The van der Waals surface area contributed by atoms with E-state index in [2.05, 4.69) is 41.5 Å². The molecule has 16 heavy (non-hydrogen) atoms. The zero-order valence-corrected chi connectivity index (χ0v) is 12.1. The molecule has 0 heterocycles. The maximum Gasteiger partial charge on any atom is 0.0683 e. The maximum absolute atomic E-state index is 10.9. The minimum absolute atomic E-state index is 0.276. The average Bonchev–Trinajstić information content (AvgIpc) is 1.97. The van der Waals surface area contributed by atoms with Gasteiger partial charge in [-0.15, -0.1) is 0 Å². The third-order valence-corrected chi connectivity index (χ3v) is 4.17. The van der Waals surface area contributed by atoms with Crippen molar-refractivity contribution >= 4 is 0 Å². The van der Waals surface area contributed by atoms with E-state index in [0.717, 1.165) is 19.3 Å². The predicted molar refractivity (Wildman–Crippen MR) is 70.4 cm³/mol. The van der Waals surface area contributed by atoms with Crippen molar-refractivity contribution in [2.75, 3.05) is 0 Å². The topological polar surface area (TPSA) is 20.2 Å². The minimum atomic E-state index is -0.443. The van der Waals surface area contributed by atoms with Gasteiger partial charge in [-0.2, -0.15) is 0 Å². The van der Waals surface area contributed by atoms with Crippen molar-refractivity contribution in [3.63, 3.8) is 0 Å². The van der Waals surface area contributed by atoms with Gasteiger partial charge in [0.2, 0.25) is 0 Å². The highest BCUT2D eigenvalue weighted by atomic mass is 16.3. The fraction of sp³-hybridized carbons (Fsp3) is 1.00. The molecule has 1 unspecified atom stereocenters. The largest absolute Gasteiger partial charge is 0.390 e. The molecule has 0 aromatic carbocycles. The summed E-state index contributed by atoms with van der Waals surface area (Å²) in [5.74, 6) is 0.427. The normalized spacial score (nSPS) is 28.7. The minimum Gasteiger partial charge on any atom is -0.390 e. The van der Waals surface area contributed by atoms with E-state index in [-0.39, 0.29) is 10.8 Å². The second kappa shape index (κ2) is 4.33. The molecule has 0 spiro atoms. The predicted octanol–water partition coefficient (Wildman–Crippen LogP) is 4.39. The van der Waals surface area contributed by atoms with E-state index in [1.165, 1.54) is 12.8 Å². The summed E-state index contributed by atoms with van der Waals surface area (Å²) in [6, 6.07) is 0. The lowest BCUT2D eigenvalue weighted by Crippen LogP contribution is -2.49. The van der Waals surface area contributed by atoms with Crippen molar-refractivity contribution in [1.82, 2.24) is 0 Å². The Kier molecular flexibility index (Phi) is 3.79. The first-order chi connectivity index (χ1) is 7.10. The van der Waals surface area contributed by atoms with Crippen molar-refractivity contribution in [2.45, 2.75) is 79.2 Å². The quantitative estimate of drug-likeness (QED) is 0.756. The molecular formula is C15H30O. The van der Waals surface area contributed by atoms with Crippen molar-refractivity contribution in [1.29, 1.82) is 0 Å². The SMILES string of the molecule is CCCC(C)C1(O)CC(C)(C)CC(C)(C)C1. The highest BCUT2D eigenvalue weighted by molar-refractivity contribution is 4.99. The molecule has 1 aliphatic carbocycles. The lowest BCUT2D eigenvalue weighted by molar-refractivity contribution is -0.119. The summed E-state index contributed by atoms with van der Waals surface area (Å²) in [5, 5.41) is 10.9. The zero-order chi connectivity index (χ0) is 12.6. The summed E-state index contributed by atoms with van der Waals surface area (Å²) >= 11 is 0. The summed E-state index contributed by atoms with van der Waals surface area (Å²) in [6.07, 6.45) is 5.46. The standard InChI is InChI=1S/C15H30O/c1-7-8-12(2)15(16)10-13(3,4)9-14(5,6)11-15/h12,16H,7-11H2,1-6H3. The van der Waals surface area contributed by atoms with Crippen LogP contribution in [-0.4, -0.2) is 10.7 Å². The van der Waals surface area contributed by atoms with Crippen molar-refractivity contribution in [2.24, 2.45) is 16.7 Å². The van der Waals surface area contributed by atoms with Gasteiger partial charge in [0, 0.05) is 0 Å². The molecule has 0 saturated heterocycles. The van der Waals surface area contributed by atoms with Crippen molar-refractivity contribution < 1.29 is 5.11 Å². The summed E-state index contributed by atoms with van der Waals surface area (Å²) < 4.78 is 0. The Morgan fingerprint density at radius 3 is 1.81 bits per heavy atom. The van der Waals surface area contributed by atoms with Crippen LogP contribution in [0.3, 0.4) is 0 Å². The first-order valence-corrected chi connectivity index (χ1v) is 6.83. The van der Waals surface area contributed by atoms with E-state index in [1.807, 2.05) is 0 Å². The lowest BCUT2D eigenvalue weighted by Gasteiger charge is -2.52. The van der Waals surface area contributed by atoms with Gasteiger partial charge in [-0.1, -0.05) is 48.0 Å². The van der Waals surface area contributed by atoms with Gasteiger partial charge in [0.15, 0.2) is 0 Å². The monoisotopic (exact) mass is 226 g/mol. The Morgan fingerprint density at radius 2 is 1.44 bits per heavy atom. The van der Waals surface area contributed by atoms with Gasteiger partial charge < -0.3 is 5.11 Å². The fourth-order valence-electron chi connectivity index (χ4n) is 4.19. The average molecular weight is 226 g/mol. The Balaban J connectivity index is 2.87. The molecule has 1 nitrogen and oxygen atoms in total. The van der Waals surface area contributed by atoms with Crippen LogP contribution in [0.25, 0.3) is 0 Å². The summed E-state index contributed by atoms with van der Waals surface area (Å²) in [6.45, 7) is 13.6. The van der Waals surface area contributed by atoms with E-state index in [4.69, 9.17) is 0 Å². The Bertz CT molecular complexity index is 224. The lowest BCUT2D eigenvalue weighted by atomic mass is 9.56. The summed E-state index contributed by atoms with van der Waals surface area (Å²) in [4.78, 5) is 0. The molecule has 1 atom stereocenters. The number of rotatable bonds is 3. The fourth-order valence-corrected chi connectivity index (χ4v) is 4.19. The van der Waals surface area contributed by atoms with Gasteiger partial charge in [0.05, 0.1) is 5.60 Å². The molecule has 96 valence electrons. The molecule has 0 radical (unpaired) electrons. The van der Waals surface area contributed by atoms with Gasteiger partial charge >= 0.3 is 0 Å². The van der Waals surface area contributed by atoms with Gasteiger partial charge in [0.1, 0.15) is 0 Å². The highest BCUT2D eigenvalue weighted by Crippen LogP contribution is 2.52. The molecule has 1 saturated carbocycles. The van der Waals surface area contributed by atoms with E-state index in [9.17, 15) is 5.11 Å². The van der Waals surface area contributed by atoms with Gasteiger partial charge in [-0.25, -0.2) is 0 Å². The van der Waals surface area contributed by atoms with Crippen molar-refractivity contribution in [3.05, 3.63) is 0 Å². The van der Waals surface area contributed by atoms with E-state index < -0.39 is 5.60 Å². The first-order valence-electron chi connectivity index (χ1n) is 6.83. The smallest absolute Gasteiger partial charge is 0.0683 e. The van der Waals surface area contributed by atoms with Crippen LogP contribution in [0.5, 0.6) is 0 Å². The van der Waals surface area contributed by atoms with Gasteiger partial charge in [0.25, 0.3) is 0 Å². The molecule has 1 aliphatic rings. The van der Waals surface area contributed by atoms with E-state index in [1.54, 1.807) is 0 Å². The van der Waals surface area contributed by atoms with Gasteiger partial charge in [-0.3, -0.25) is 0 Å². The molecule has 0 aliphatic heterocycles. The van der Waals surface area contributed by atoms with Gasteiger partial charge in [-0.05, 0) is 42.4 Å². The molecular weight excluding hydrogens is 196 g/mol. The molecule has 1 rings (SSSR count). The van der Waals surface area contributed by atoms with E-state index in [0.29, 0.717) is 5.92 Å². The third kappa shape index (κ3) is 3.23. The molecule has 1 heteroatoms. The number of hydrogen-bond acceptors (Lipinski definition) is 1. The molecule has 1 fully saturated rings. The van der Waals surface area contributed by atoms with Crippen LogP contribution in [0.15, 0.2) is 0 Å². The second-order valence-corrected chi connectivity index (χ2v) is 7.65. The third-order valence-electron chi connectivity index (χ3n) is 4.17. The van der Waals surface area contributed by atoms with Crippen LogP contribution in [0.4, 0.5) is 0 Å². The van der Waals surface area contributed by atoms with Crippen molar-refractivity contribution in [3.8, 4) is 0 Å². The Morgan fingerprint density at radius 1 is 1.00 bits per heavy atom. The molecule has 0 amide bonds. The number of hydrogen-bond donors (Lipinski definition) is 1. The van der Waals surface area contributed by atoms with Crippen LogP contribution in [0, 0.1) is 16.7 Å². The Labute approximate surface area is 102 Å². The van der Waals surface area contributed by atoms with Crippen LogP contribution >= 0.6 is 0 Å². The Hall–Kier alpha value is -0.0400. The summed E-state index contributed by atoms with van der Waals surface area (Å²) in [5.41, 5.74) is 0.109. The summed E-state index contributed by atoms with van der Waals surface area (Å²) in [7, 11) is 0. The van der Waals surface area contributed by atoms with Crippen LogP contribution < -0.4 is 0 Å². The maximum atomic E-state index is 10.9. The number of aliphatic hydroxyl groups is 1. The van der Waals surface area contributed by atoms with E-state index >= 15 is 0 Å².